The Morgan fingerprint density at radius 2 is 1.89 bits per heavy atom. The number of pyridine rings is 2. The van der Waals surface area contributed by atoms with Crippen molar-refractivity contribution < 1.29 is 24.1 Å². The molecule has 194 valence electrons. The molecule has 6 heterocycles. The van der Waals surface area contributed by atoms with Crippen molar-refractivity contribution in [3.8, 4) is 34.1 Å². The Labute approximate surface area is 216 Å². The van der Waals surface area contributed by atoms with E-state index in [1.54, 1.807) is 17.6 Å². The highest BCUT2D eigenvalue weighted by atomic mass is 16.7. The number of aromatic nitrogens is 5. The number of carbonyl (C=O) groups excluding carboxylic acids is 1. The zero-order valence-electron chi connectivity index (χ0n) is 21.0. The van der Waals surface area contributed by atoms with Crippen molar-refractivity contribution in [2.75, 3.05) is 6.79 Å². The largest absolute Gasteiger partial charge is 0.458 e. The predicted molar refractivity (Wildman–Crippen MR) is 135 cm³/mol. The van der Waals surface area contributed by atoms with Crippen LogP contribution >= 0.6 is 0 Å². The summed E-state index contributed by atoms with van der Waals surface area (Å²) in [5, 5.41) is 20.8. The fraction of sp³-hybridized carbons (Fsp3) is 0.370. The Kier molecular flexibility index (Phi) is 4.90. The lowest BCUT2D eigenvalue weighted by Crippen LogP contribution is -2.44. The van der Waals surface area contributed by atoms with Gasteiger partial charge in [-0.2, -0.15) is 0 Å². The standard InChI is InChI=1S/C27H25N5O6/c1-3-5-6-31-11-19(29-30-31)23-14-7-21-22(38-13-37-21)9-18(14)28-24-15(23)10-32-20(24)8-17-16(25(32)33)12-36-26(34)27(17,35)4-2/h7-9,11,35H,3-6,10,12-13H2,1-2H3/t27-/m0/s1. The molecule has 38 heavy (non-hydrogen) atoms. The van der Waals surface area contributed by atoms with E-state index in [9.17, 15) is 14.7 Å². The molecule has 0 spiro atoms. The summed E-state index contributed by atoms with van der Waals surface area (Å²) >= 11 is 0. The van der Waals surface area contributed by atoms with Crippen molar-refractivity contribution in [2.45, 2.75) is 58.4 Å². The zero-order valence-corrected chi connectivity index (χ0v) is 21.0. The first kappa shape index (κ1) is 22.9. The minimum atomic E-state index is -1.89. The van der Waals surface area contributed by atoms with Crippen LogP contribution in [0.1, 0.15) is 49.8 Å². The molecule has 0 fully saturated rings. The number of rotatable bonds is 5. The third-order valence-corrected chi connectivity index (χ3v) is 7.72. The van der Waals surface area contributed by atoms with Crippen molar-refractivity contribution in [2.24, 2.45) is 0 Å². The summed E-state index contributed by atoms with van der Waals surface area (Å²) in [4.78, 5) is 31.2. The number of aryl methyl sites for hydroxylation is 1. The number of ether oxygens (including phenoxy) is 3. The van der Waals surface area contributed by atoms with Crippen LogP contribution in [0.2, 0.25) is 0 Å². The van der Waals surface area contributed by atoms with E-state index in [2.05, 4.69) is 17.2 Å². The van der Waals surface area contributed by atoms with Gasteiger partial charge in [0.1, 0.15) is 12.3 Å². The molecule has 1 N–H and O–H groups in total. The van der Waals surface area contributed by atoms with Crippen molar-refractivity contribution in [1.82, 2.24) is 24.5 Å². The number of nitrogens with zero attached hydrogens (tertiary/aromatic N) is 5. The quantitative estimate of drug-likeness (QED) is 0.351. The van der Waals surface area contributed by atoms with Gasteiger partial charge in [0.05, 0.1) is 35.2 Å². The van der Waals surface area contributed by atoms with Gasteiger partial charge in [0.2, 0.25) is 6.79 Å². The second-order valence-electron chi connectivity index (χ2n) is 9.86. The van der Waals surface area contributed by atoms with Crippen LogP contribution in [0.15, 0.2) is 29.2 Å². The first-order valence-corrected chi connectivity index (χ1v) is 12.8. The minimum absolute atomic E-state index is 0.0787. The van der Waals surface area contributed by atoms with Crippen LogP contribution < -0.4 is 15.0 Å². The highest BCUT2D eigenvalue weighted by Crippen LogP contribution is 2.45. The molecule has 0 aliphatic carbocycles. The topological polar surface area (TPSA) is 131 Å². The van der Waals surface area contributed by atoms with Gasteiger partial charge in [0.25, 0.3) is 5.56 Å². The molecule has 3 aliphatic heterocycles. The van der Waals surface area contributed by atoms with Gasteiger partial charge >= 0.3 is 5.97 Å². The number of esters is 1. The lowest BCUT2D eigenvalue weighted by molar-refractivity contribution is -0.172. The van der Waals surface area contributed by atoms with E-state index in [-0.39, 0.29) is 43.1 Å². The normalized spacial score (nSPS) is 18.9. The SMILES string of the molecule is CCCCn1cc(-c2c3c(nc4cc5c(cc24)OCO5)-c2cc4c(c(=O)n2C3)COC(=O)[C@]4(O)CC)nn1. The molecular weight excluding hydrogens is 490 g/mol. The zero-order chi connectivity index (χ0) is 26.2. The summed E-state index contributed by atoms with van der Waals surface area (Å²) in [6, 6.07) is 5.42. The van der Waals surface area contributed by atoms with Crippen molar-refractivity contribution >= 4 is 16.9 Å². The molecule has 1 atom stereocenters. The van der Waals surface area contributed by atoms with E-state index < -0.39 is 11.6 Å². The Balaban J connectivity index is 1.50. The third kappa shape index (κ3) is 3.08. The summed E-state index contributed by atoms with van der Waals surface area (Å²) in [6.45, 7) is 4.76. The molecule has 0 radical (unpaired) electrons. The molecule has 7 rings (SSSR count). The molecule has 0 bridgehead atoms. The Morgan fingerprint density at radius 1 is 1.08 bits per heavy atom. The van der Waals surface area contributed by atoms with Crippen LogP contribution in [0.4, 0.5) is 0 Å². The number of hydrogen-bond donors (Lipinski definition) is 1. The maximum atomic E-state index is 13.7. The molecular formula is C27H25N5O6. The number of aliphatic hydroxyl groups is 1. The van der Waals surface area contributed by atoms with Crippen molar-refractivity contribution in [3.63, 3.8) is 0 Å². The second kappa shape index (κ2) is 8.12. The average Bonchev–Trinajstić information content (AvgIpc) is 3.66. The monoisotopic (exact) mass is 515 g/mol. The Hall–Kier alpha value is -4.25. The number of cyclic esters (lactones) is 1. The second-order valence-corrected chi connectivity index (χ2v) is 9.86. The van der Waals surface area contributed by atoms with Gasteiger partial charge in [0, 0.05) is 34.7 Å². The number of hydrogen-bond acceptors (Lipinski definition) is 9. The maximum Gasteiger partial charge on any atom is 0.343 e. The van der Waals surface area contributed by atoms with Crippen molar-refractivity contribution in [3.05, 3.63) is 51.4 Å². The molecule has 0 unspecified atom stereocenters. The predicted octanol–water partition coefficient (Wildman–Crippen LogP) is 2.87. The van der Waals surface area contributed by atoms with Crippen LogP contribution in [0.3, 0.4) is 0 Å². The highest BCUT2D eigenvalue weighted by Gasteiger charge is 2.45. The molecule has 11 heteroatoms. The van der Waals surface area contributed by atoms with Gasteiger partial charge in [-0.15, -0.1) is 5.10 Å². The summed E-state index contributed by atoms with van der Waals surface area (Å²) in [6.07, 6.45) is 4.00. The van der Waals surface area contributed by atoms with Crippen LogP contribution in [-0.4, -0.2) is 42.4 Å². The fourth-order valence-corrected chi connectivity index (χ4v) is 5.60. The fourth-order valence-electron chi connectivity index (χ4n) is 5.60. The Bertz CT molecular complexity index is 1720. The van der Waals surface area contributed by atoms with E-state index in [0.717, 1.165) is 35.9 Å². The smallest absolute Gasteiger partial charge is 0.343 e. The van der Waals surface area contributed by atoms with E-state index in [4.69, 9.17) is 19.2 Å². The summed E-state index contributed by atoms with van der Waals surface area (Å²) in [7, 11) is 0. The molecule has 11 nitrogen and oxygen atoms in total. The van der Waals surface area contributed by atoms with Crippen LogP contribution in [0.5, 0.6) is 11.5 Å². The van der Waals surface area contributed by atoms with Crippen LogP contribution in [0, 0.1) is 0 Å². The van der Waals surface area contributed by atoms with Gasteiger partial charge in [-0.25, -0.2) is 9.78 Å². The van der Waals surface area contributed by atoms with Gasteiger partial charge in [0.15, 0.2) is 17.1 Å². The number of fused-ring (bicyclic) bond motifs is 6. The molecule has 0 saturated carbocycles. The number of unbranched alkanes of at least 4 members (excludes halogenated alkanes) is 1. The molecule has 3 aliphatic rings. The minimum Gasteiger partial charge on any atom is -0.458 e. The van der Waals surface area contributed by atoms with E-state index in [1.165, 1.54) is 0 Å². The van der Waals surface area contributed by atoms with Crippen LogP contribution in [0.25, 0.3) is 33.5 Å². The number of carbonyl (C=O) groups is 1. The first-order chi connectivity index (χ1) is 18.4. The van der Waals surface area contributed by atoms with E-state index >= 15 is 0 Å². The average molecular weight is 516 g/mol. The molecule has 4 aromatic rings. The summed E-state index contributed by atoms with van der Waals surface area (Å²) in [5.74, 6) is 0.454. The summed E-state index contributed by atoms with van der Waals surface area (Å²) < 4.78 is 19.9. The maximum absolute atomic E-state index is 13.7. The number of benzene rings is 1. The van der Waals surface area contributed by atoms with Crippen LogP contribution in [-0.2, 0) is 34.8 Å². The van der Waals surface area contributed by atoms with E-state index in [0.29, 0.717) is 34.1 Å². The molecule has 1 aromatic carbocycles. The Morgan fingerprint density at radius 3 is 2.68 bits per heavy atom. The lowest BCUT2D eigenvalue weighted by atomic mass is 9.86. The van der Waals surface area contributed by atoms with E-state index in [1.807, 2.05) is 23.0 Å². The molecule has 0 saturated heterocycles. The first-order valence-electron chi connectivity index (χ1n) is 12.8. The van der Waals surface area contributed by atoms with Gasteiger partial charge in [-0.3, -0.25) is 9.48 Å². The summed E-state index contributed by atoms with van der Waals surface area (Å²) in [5.41, 5.74) is 2.41. The molecule has 0 amide bonds. The van der Waals surface area contributed by atoms with Gasteiger partial charge in [-0.1, -0.05) is 25.5 Å². The molecule has 3 aromatic heterocycles. The highest BCUT2D eigenvalue weighted by molar-refractivity contribution is 6.00. The van der Waals surface area contributed by atoms with Crippen molar-refractivity contribution in [1.29, 1.82) is 0 Å². The van der Waals surface area contributed by atoms with Gasteiger partial charge in [-0.05, 0) is 25.0 Å². The van der Waals surface area contributed by atoms with Gasteiger partial charge < -0.3 is 23.9 Å². The third-order valence-electron chi connectivity index (χ3n) is 7.72. The lowest BCUT2D eigenvalue weighted by Gasteiger charge is -2.31.